The topological polar surface area (TPSA) is 128 Å². The number of nitrogens with one attached hydrogen (secondary N) is 1. The lowest BCUT2D eigenvalue weighted by atomic mass is 9.69. The number of amides is 1. The van der Waals surface area contributed by atoms with Crippen LogP contribution in [0.4, 0.5) is 9.18 Å². The molecule has 0 bridgehead atoms. The Balaban J connectivity index is 2.09. The number of halogens is 1. The first-order chi connectivity index (χ1) is 15.5. The predicted molar refractivity (Wildman–Crippen MR) is 121 cm³/mol. The number of nitrogens with zero attached hydrogens (tertiary/aromatic N) is 3. The van der Waals surface area contributed by atoms with Crippen molar-refractivity contribution in [3.05, 3.63) is 29.7 Å². The number of carboxylic acid groups (broad SMARTS) is 1. The van der Waals surface area contributed by atoms with Crippen LogP contribution in [-0.2, 0) is 0 Å². The summed E-state index contributed by atoms with van der Waals surface area (Å²) in [6.07, 6.45) is -0.286. The Kier molecular flexibility index (Phi) is 7.40. The van der Waals surface area contributed by atoms with Gasteiger partial charge in [-0.25, -0.2) is 14.2 Å². The number of carbonyl (C=O) groups is 1. The SMILES string of the molecule is COc1ccc2ncc(F)c(C(CO)CC3(CN(C(=O)O)C(C)(C)C)CNCCC3O)c2n1. The fourth-order valence-electron chi connectivity index (χ4n) is 4.64. The highest BCUT2D eigenvalue weighted by atomic mass is 19.1. The average molecular weight is 465 g/mol. The summed E-state index contributed by atoms with van der Waals surface area (Å²) < 4.78 is 20.3. The molecule has 1 fully saturated rings. The molecule has 0 saturated carbocycles. The van der Waals surface area contributed by atoms with Gasteiger partial charge in [0.25, 0.3) is 0 Å². The van der Waals surface area contributed by atoms with Gasteiger partial charge < -0.3 is 30.3 Å². The molecule has 10 heteroatoms. The van der Waals surface area contributed by atoms with Gasteiger partial charge >= 0.3 is 6.09 Å². The lowest BCUT2D eigenvalue weighted by molar-refractivity contribution is -0.0462. The molecule has 4 N–H and O–H groups in total. The summed E-state index contributed by atoms with van der Waals surface area (Å²) in [5.41, 5.74) is -0.764. The number of rotatable bonds is 7. The number of methoxy groups -OCH3 is 1. The summed E-state index contributed by atoms with van der Waals surface area (Å²) in [5.74, 6) is -1.09. The average Bonchev–Trinajstić information content (AvgIpc) is 2.76. The lowest BCUT2D eigenvalue weighted by Gasteiger charge is -2.48. The predicted octanol–water partition coefficient (Wildman–Crippen LogP) is 2.36. The fraction of sp³-hybridized carbons (Fsp3) is 0.609. The number of pyridine rings is 2. The first-order valence-electron chi connectivity index (χ1n) is 11.0. The van der Waals surface area contributed by atoms with Crippen molar-refractivity contribution in [1.82, 2.24) is 20.2 Å². The maximum atomic E-state index is 15.1. The second-order valence-corrected chi connectivity index (χ2v) is 9.71. The zero-order valence-corrected chi connectivity index (χ0v) is 19.5. The molecule has 9 nitrogen and oxygen atoms in total. The van der Waals surface area contributed by atoms with Crippen LogP contribution in [0.2, 0.25) is 0 Å². The standard InChI is InChI=1S/C23H33FN4O5/c1-22(2,3)28(21(31)32)13-23(12-25-8-7-17(23)30)9-14(11-29)19-15(24)10-26-16-5-6-18(33-4)27-20(16)19/h5-6,10,14,17,25,29-30H,7-9,11-13H2,1-4H3,(H,31,32). The zero-order valence-electron chi connectivity index (χ0n) is 19.5. The van der Waals surface area contributed by atoms with Crippen molar-refractivity contribution >= 4 is 17.1 Å². The van der Waals surface area contributed by atoms with Crippen molar-refractivity contribution in [3.8, 4) is 5.88 Å². The minimum Gasteiger partial charge on any atom is -0.481 e. The van der Waals surface area contributed by atoms with Gasteiger partial charge in [-0.15, -0.1) is 0 Å². The van der Waals surface area contributed by atoms with Gasteiger partial charge in [-0.05, 0) is 46.2 Å². The Hall–Kier alpha value is -2.56. The van der Waals surface area contributed by atoms with E-state index in [0.29, 0.717) is 25.0 Å². The van der Waals surface area contributed by atoms with Crippen LogP contribution in [0, 0.1) is 11.2 Å². The maximum absolute atomic E-state index is 15.1. The van der Waals surface area contributed by atoms with E-state index in [0.717, 1.165) is 6.20 Å². The summed E-state index contributed by atoms with van der Waals surface area (Å²) in [7, 11) is 1.45. The van der Waals surface area contributed by atoms with E-state index in [-0.39, 0.29) is 29.9 Å². The van der Waals surface area contributed by atoms with E-state index < -0.39 is 41.5 Å². The first-order valence-corrected chi connectivity index (χ1v) is 11.0. The van der Waals surface area contributed by atoms with E-state index in [1.54, 1.807) is 32.9 Å². The van der Waals surface area contributed by atoms with Crippen molar-refractivity contribution in [1.29, 1.82) is 0 Å². The van der Waals surface area contributed by atoms with Gasteiger partial charge in [0.1, 0.15) is 5.82 Å². The van der Waals surface area contributed by atoms with Crippen molar-refractivity contribution < 1.29 is 29.2 Å². The van der Waals surface area contributed by atoms with Crippen LogP contribution in [-0.4, -0.2) is 81.3 Å². The minimum absolute atomic E-state index is 0.0257. The molecule has 33 heavy (non-hydrogen) atoms. The largest absolute Gasteiger partial charge is 0.481 e. The normalized spacial score (nSPS) is 22.2. The van der Waals surface area contributed by atoms with Crippen LogP contribution in [0.3, 0.4) is 0 Å². The van der Waals surface area contributed by atoms with Crippen LogP contribution < -0.4 is 10.1 Å². The molecular formula is C23H33FN4O5. The highest BCUT2D eigenvalue weighted by Crippen LogP contribution is 2.41. The van der Waals surface area contributed by atoms with E-state index in [1.165, 1.54) is 12.0 Å². The molecule has 3 unspecified atom stereocenters. The molecule has 1 saturated heterocycles. The molecule has 0 aromatic carbocycles. The third-order valence-corrected chi connectivity index (χ3v) is 6.46. The third kappa shape index (κ3) is 5.18. The highest BCUT2D eigenvalue weighted by Gasteiger charge is 2.46. The first kappa shape index (κ1) is 25.1. The van der Waals surface area contributed by atoms with Crippen molar-refractivity contribution in [2.75, 3.05) is 33.4 Å². The van der Waals surface area contributed by atoms with E-state index in [4.69, 9.17) is 4.74 Å². The number of aromatic nitrogens is 2. The van der Waals surface area contributed by atoms with Gasteiger partial charge in [0.2, 0.25) is 5.88 Å². The molecule has 3 heterocycles. The smallest absolute Gasteiger partial charge is 0.407 e. The Morgan fingerprint density at radius 2 is 2.15 bits per heavy atom. The second-order valence-electron chi connectivity index (χ2n) is 9.71. The summed E-state index contributed by atoms with van der Waals surface area (Å²) >= 11 is 0. The molecule has 1 aliphatic heterocycles. The van der Waals surface area contributed by atoms with Crippen LogP contribution in [0.15, 0.2) is 18.3 Å². The Morgan fingerprint density at radius 3 is 2.73 bits per heavy atom. The van der Waals surface area contributed by atoms with E-state index in [9.17, 15) is 20.1 Å². The number of piperidine rings is 1. The quantitative estimate of drug-likeness (QED) is 0.492. The third-order valence-electron chi connectivity index (χ3n) is 6.46. The number of fused-ring (bicyclic) bond motifs is 1. The monoisotopic (exact) mass is 464 g/mol. The molecule has 1 amide bonds. The molecule has 182 valence electrons. The van der Waals surface area contributed by atoms with E-state index in [2.05, 4.69) is 15.3 Å². The van der Waals surface area contributed by atoms with Gasteiger partial charge in [0.15, 0.2) is 0 Å². The molecule has 0 spiro atoms. The fourth-order valence-corrected chi connectivity index (χ4v) is 4.64. The van der Waals surface area contributed by atoms with Crippen LogP contribution in [0.5, 0.6) is 5.88 Å². The number of hydrogen-bond donors (Lipinski definition) is 4. The molecule has 0 radical (unpaired) electrons. The molecular weight excluding hydrogens is 431 g/mol. The Morgan fingerprint density at radius 1 is 1.42 bits per heavy atom. The summed E-state index contributed by atoms with van der Waals surface area (Å²) in [6.45, 7) is 5.88. The van der Waals surface area contributed by atoms with Gasteiger partial charge in [-0.3, -0.25) is 4.98 Å². The van der Waals surface area contributed by atoms with Crippen molar-refractivity contribution in [2.45, 2.75) is 51.2 Å². The lowest BCUT2D eigenvalue weighted by Crippen LogP contribution is -2.60. The molecule has 3 atom stereocenters. The van der Waals surface area contributed by atoms with Crippen LogP contribution in [0.1, 0.15) is 45.1 Å². The van der Waals surface area contributed by atoms with E-state index >= 15 is 4.39 Å². The second kappa shape index (κ2) is 9.74. The number of hydrogen-bond acceptors (Lipinski definition) is 7. The van der Waals surface area contributed by atoms with Crippen LogP contribution in [0.25, 0.3) is 11.0 Å². The summed E-state index contributed by atoms with van der Waals surface area (Å²) in [6, 6.07) is 3.28. The Bertz CT molecular complexity index is 999. The molecule has 1 aliphatic rings. The van der Waals surface area contributed by atoms with Gasteiger partial charge in [0, 0.05) is 41.6 Å². The van der Waals surface area contributed by atoms with E-state index in [1.807, 2.05) is 0 Å². The molecule has 2 aromatic heterocycles. The van der Waals surface area contributed by atoms with Crippen molar-refractivity contribution in [3.63, 3.8) is 0 Å². The zero-order chi connectivity index (χ0) is 24.4. The Labute approximate surface area is 192 Å². The molecule has 3 rings (SSSR count). The number of ether oxygens (including phenoxy) is 1. The van der Waals surface area contributed by atoms with Gasteiger partial charge in [0.05, 0.1) is 37.1 Å². The van der Waals surface area contributed by atoms with Gasteiger partial charge in [-0.2, -0.15) is 0 Å². The summed E-state index contributed by atoms with van der Waals surface area (Å²) in [4.78, 5) is 21.8. The molecule has 2 aromatic rings. The highest BCUT2D eigenvalue weighted by molar-refractivity contribution is 5.79. The maximum Gasteiger partial charge on any atom is 0.407 e. The minimum atomic E-state index is -1.10. The van der Waals surface area contributed by atoms with Gasteiger partial charge in [-0.1, -0.05) is 0 Å². The van der Waals surface area contributed by atoms with Crippen molar-refractivity contribution in [2.24, 2.45) is 5.41 Å². The number of aliphatic hydroxyl groups excluding tert-OH is 2. The molecule has 0 aliphatic carbocycles. The summed E-state index contributed by atoms with van der Waals surface area (Å²) in [5, 5.41) is 34.6. The number of aliphatic hydroxyl groups is 2. The van der Waals surface area contributed by atoms with Crippen LogP contribution >= 0.6 is 0 Å².